The van der Waals surface area contributed by atoms with E-state index in [0.717, 1.165) is 37.7 Å². The molecular weight excluding hydrogens is 485 g/mol. The van der Waals surface area contributed by atoms with Crippen molar-refractivity contribution >= 4 is 63.9 Å². The number of hydrogen-bond acceptors (Lipinski definition) is 4. The second-order valence-corrected chi connectivity index (χ2v) is 9.39. The summed E-state index contributed by atoms with van der Waals surface area (Å²) in [5.74, 6) is -1.27. The van der Waals surface area contributed by atoms with Crippen LogP contribution < -0.4 is 10.6 Å². The number of amides is 3. The summed E-state index contributed by atoms with van der Waals surface area (Å²) in [5.41, 5.74) is 2.19. The third kappa shape index (κ3) is 4.88. The summed E-state index contributed by atoms with van der Waals surface area (Å²) in [6.45, 7) is 1.83. The number of aryl methyl sites for hydroxylation is 1. The van der Waals surface area contributed by atoms with E-state index < -0.39 is 11.8 Å². The van der Waals surface area contributed by atoms with Crippen LogP contribution in [-0.4, -0.2) is 28.7 Å². The summed E-state index contributed by atoms with van der Waals surface area (Å²) in [5, 5.41) is 6.35. The molecule has 2 N–H and O–H groups in total. The van der Waals surface area contributed by atoms with Crippen LogP contribution in [0.4, 0.5) is 11.4 Å². The minimum absolute atomic E-state index is 0.0392. The predicted octanol–water partition coefficient (Wildman–Crippen LogP) is 6.12. The summed E-state index contributed by atoms with van der Waals surface area (Å²) in [4.78, 5) is 39.8. The van der Waals surface area contributed by atoms with E-state index in [1.54, 1.807) is 36.4 Å². The molecule has 0 saturated heterocycles. The van der Waals surface area contributed by atoms with Gasteiger partial charge in [0.25, 0.3) is 17.7 Å². The second kappa shape index (κ2) is 9.75. The topological polar surface area (TPSA) is 78.5 Å². The maximum absolute atomic E-state index is 13.1. The summed E-state index contributed by atoms with van der Waals surface area (Å²) >= 11 is 18.2. The number of nitrogens with one attached hydrogen (secondary N) is 2. The first-order valence-corrected chi connectivity index (χ1v) is 11.8. The lowest BCUT2D eigenvalue weighted by atomic mass is 9.94. The number of nitrogens with zero attached hydrogens (tertiary/aromatic N) is 1. The molecule has 1 heterocycles. The van der Waals surface area contributed by atoms with Crippen LogP contribution in [-0.2, 0) is 9.59 Å². The van der Waals surface area contributed by atoms with Gasteiger partial charge >= 0.3 is 0 Å². The van der Waals surface area contributed by atoms with Gasteiger partial charge in [0.2, 0.25) is 0 Å². The van der Waals surface area contributed by atoms with Crippen molar-refractivity contribution < 1.29 is 14.4 Å². The first-order chi connectivity index (χ1) is 15.8. The number of carbonyl (C=O) groups is 3. The molecule has 1 saturated carbocycles. The first-order valence-electron chi connectivity index (χ1n) is 10.7. The highest BCUT2D eigenvalue weighted by atomic mass is 35.5. The largest absolute Gasteiger partial charge is 0.349 e. The normalized spacial score (nSPS) is 17.0. The quantitative estimate of drug-likeness (QED) is 0.479. The fourth-order valence-corrected chi connectivity index (χ4v) is 4.63. The van der Waals surface area contributed by atoms with Crippen LogP contribution in [0.25, 0.3) is 0 Å². The van der Waals surface area contributed by atoms with Gasteiger partial charge in [-0.2, -0.15) is 0 Å². The molecule has 0 bridgehead atoms. The molecule has 2 aliphatic rings. The van der Waals surface area contributed by atoms with Gasteiger partial charge in [0.15, 0.2) is 0 Å². The fourth-order valence-electron chi connectivity index (χ4n) is 4.11. The van der Waals surface area contributed by atoms with Gasteiger partial charge < -0.3 is 10.6 Å². The van der Waals surface area contributed by atoms with Crippen molar-refractivity contribution in [1.29, 1.82) is 0 Å². The van der Waals surface area contributed by atoms with E-state index in [1.807, 2.05) is 6.92 Å². The Labute approximate surface area is 206 Å². The van der Waals surface area contributed by atoms with Gasteiger partial charge in [0, 0.05) is 23.0 Å². The molecule has 6 nitrogen and oxygen atoms in total. The summed E-state index contributed by atoms with van der Waals surface area (Å²) in [6, 6.07) is 9.70. The van der Waals surface area contributed by atoms with Gasteiger partial charge in [-0.1, -0.05) is 60.1 Å². The number of carbonyl (C=O) groups excluding carboxylic acids is 3. The third-order valence-corrected chi connectivity index (χ3v) is 7.03. The van der Waals surface area contributed by atoms with Crippen LogP contribution in [0.2, 0.25) is 10.0 Å². The first kappa shape index (κ1) is 23.6. The zero-order valence-electron chi connectivity index (χ0n) is 17.9. The molecule has 1 fully saturated rings. The van der Waals surface area contributed by atoms with Gasteiger partial charge in [0.05, 0.1) is 10.0 Å². The molecule has 0 unspecified atom stereocenters. The van der Waals surface area contributed by atoms with Crippen LogP contribution in [0.1, 0.15) is 48.0 Å². The van der Waals surface area contributed by atoms with Crippen molar-refractivity contribution in [3.63, 3.8) is 0 Å². The number of anilines is 2. The number of halogens is 3. The summed E-state index contributed by atoms with van der Waals surface area (Å²) < 4.78 is 0. The molecule has 1 aliphatic heterocycles. The van der Waals surface area contributed by atoms with Gasteiger partial charge in [-0.25, -0.2) is 0 Å². The predicted molar refractivity (Wildman–Crippen MR) is 131 cm³/mol. The van der Waals surface area contributed by atoms with Crippen molar-refractivity contribution in [2.75, 3.05) is 10.6 Å². The number of imide groups is 1. The van der Waals surface area contributed by atoms with E-state index in [2.05, 4.69) is 10.6 Å². The highest BCUT2D eigenvalue weighted by Crippen LogP contribution is 2.33. The zero-order chi connectivity index (χ0) is 23.7. The lowest BCUT2D eigenvalue weighted by Gasteiger charge is -2.29. The molecule has 9 heteroatoms. The molecule has 2 aromatic rings. The minimum Gasteiger partial charge on any atom is -0.349 e. The maximum Gasteiger partial charge on any atom is 0.279 e. The Morgan fingerprint density at radius 1 is 0.939 bits per heavy atom. The third-order valence-electron chi connectivity index (χ3n) is 5.94. The fraction of sp³-hybridized carbons (Fsp3) is 0.292. The van der Waals surface area contributed by atoms with E-state index >= 15 is 0 Å². The molecule has 33 heavy (non-hydrogen) atoms. The van der Waals surface area contributed by atoms with Crippen molar-refractivity contribution in [3.8, 4) is 0 Å². The average Bonchev–Trinajstić information content (AvgIpc) is 3.01. The zero-order valence-corrected chi connectivity index (χ0v) is 20.2. The van der Waals surface area contributed by atoms with Crippen LogP contribution >= 0.6 is 34.8 Å². The Hall–Kier alpha value is -2.54. The van der Waals surface area contributed by atoms with Crippen molar-refractivity contribution in [3.05, 3.63) is 68.3 Å². The standard InChI is InChI=1S/C24H22Cl3N3O3/c1-13-7-8-14(22(31)28-15-9-10-17(25)18(26)12-15)11-19(13)29-21-20(27)23(32)30(24(21)33)16-5-3-2-4-6-16/h7-12,16,29H,2-6H2,1H3,(H,28,31). The smallest absolute Gasteiger partial charge is 0.279 e. The van der Waals surface area contributed by atoms with Crippen molar-refractivity contribution in [2.24, 2.45) is 0 Å². The molecule has 0 aromatic heterocycles. The monoisotopic (exact) mass is 505 g/mol. The SMILES string of the molecule is Cc1ccc(C(=O)Nc2ccc(Cl)c(Cl)c2)cc1NC1=C(Cl)C(=O)N(C2CCCCC2)C1=O. The number of rotatable bonds is 5. The highest BCUT2D eigenvalue weighted by molar-refractivity contribution is 6.48. The minimum atomic E-state index is -0.470. The summed E-state index contributed by atoms with van der Waals surface area (Å²) in [7, 11) is 0. The van der Waals surface area contributed by atoms with Gasteiger partial charge in [-0.15, -0.1) is 0 Å². The van der Waals surface area contributed by atoms with Crippen molar-refractivity contribution in [1.82, 2.24) is 4.90 Å². The van der Waals surface area contributed by atoms with Crippen LogP contribution in [0.3, 0.4) is 0 Å². The van der Waals surface area contributed by atoms with E-state index in [-0.39, 0.29) is 22.7 Å². The Bertz CT molecular complexity index is 1170. The molecular formula is C24H22Cl3N3O3. The highest BCUT2D eigenvalue weighted by Gasteiger charge is 2.42. The molecule has 4 rings (SSSR count). The lowest BCUT2D eigenvalue weighted by Crippen LogP contribution is -2.42. The van der Waals surface area contributed by atoms with Gasteiger partial charge in [-0.05, 0) is 55.7 Å². The molecule has 2 aromatic carbocycles. The number of hydrogen-bond donors (Lipinski definition) is 2. The molecule has 0 spiro atoms. The second-order valence-electron chi connectivity index (χ2n) is 8.20. The average molecular weight is 507 g/mol. The van der Waals surface area contributed by atoms with E-state index in [0.29, 0.717) is 27.0 Å². The Morgan fingerprint density at radius 2 is 1.67 bits per heavy atom. The Morgan fingerprint density at radius 3 is 2.36 bits per heavy atom. The Kier molecular flexibility index (Phi) is 6.98. The van der Waals surface area contributed by atoms with Crippen LogP contribution in [0.5, 0.6) is 0 Å². The number of benzene rings is 2. The van der Waals surface area contributed by atoms with Gasteiger partial charge in [0.1, 0.15) is 10.7 Å². The van der Waals surface area contributed by atoms with Crippen molar-refractivity contribution in [2.45, 2.75) is 45.1 Å². The molecule has 1 aliphatic carbocycles. The lowest BCUT2D eigenvalue weighted by molar-refractivity contribution is -0.140. The maximum atomic E-state index is 13.1. The molecule has 3 amide bonds. The molecule has 0 radical (unpaired) electrons. The van der Waals surface area contributed by atoms with Crippen LogP contribution in [0, 0.1) is 6.92 Å². The van der Waals surface area contributed by atoms with Gasteiger partial charge in [-0.3, -0.25) is 19.3 Å². The molecule has 172 valence electrons. The van der Waals surface area contributed by atoms with E-state index in [1.165, 1.54) is 4.90 Å². The van der Waals surface area contributed by atoms with E-state index in [9.17, 15) is 14.4 Å². The Balaban J connectivity index is 1.54. The van der Waals surface area contributed by atoms with E-state index in [4.69, 9.17) is 34.8 Å². The molecule has 0 atom stereocenters. The van der Waals surface area contributed by atoms with Crippen LogP contribution in [0.15, 0.2) is 47.1 Å². The summed E-state index contributed by atoms with van der Waals surface area (Å²) in [6.07, 6.45) is 4.65.